The Morgan fingerprint density at radius 3 is 2.19 bits per heavy atom. The van der Waals surface area contributed by atoms with Crippen molar-refractivity contribution in [2.75, 3.05) is 46.9 Å². The largest absolute Gasteiger partial charge is 1.00 e. The van der Waals surface area contributed by atoms with E-state index in [1.165, 1.54) is 11.1 Å². The third kappa shape index (κ3) is 12.2. The van der Waals surface area contributed by atoms with Gasteiger partial charge in [-0.2, -0.15) is 0 Å². The average Bonchev–Trinajstić information content (AvgIpc) is 2.70. The number of nitrogens with zero attached hydrogens (tertiary/aromatic N) is 2. The molecule has 0 heterocycles. The van der Waals surface area contributed by atoms with E-state index in [9.17, 15) is 4.79 Å². The molecule has 0 saturated carbocycles. The maximum absolute atomic E-state index is 12.9. The van der Waals surface area contributed by atoms with E-state index in [1.54, 1.807) is 0 Å². The first-order chi connectivity index (χ1) is 14.7. The Morgan fingerprint density at radius 2 is 1.62 bits per heavy atom. The molecule has 1 amide bonds. The predicted molar refractivity (Wildman–Crippen MR) is 133 cm³/mol. The summed E-state index contributed by atoms with van der Waals surface area (Å²) in [6.07, 6.45) is 7.78. The van der Waals surface area contributed by atoms with Crippen LogP contribution in [-0.2, 0) is 4.79 Å². The summed E-state index contributed by atoms with van der Waals surface area (Å²) >= 11 is 0. The normalized spacial score (nSPS) is 11.4. The van der Waals surface area contributed by atoms with Gasteiger partial charge in [0.2, 0.25) is 0 Å². The zero-order valence-corrected chi connectivity index (χ0v) is 23.5. The highest BCUT2D eigenvalue weighted by atomic mass is 79.9. The molecule has 1 aromatic rings. The maximum Gasteiger partial charge on any atom is 0.277 e. The summed E-state index contributed by atoms with van der Waals surface area (Å²) in [7, 11) is 4.38. The molecule has 0 N–H and O–H groups in total. The van der Waals surface area contributed by atoms with Crippen molar-refractivity contribution in [3.63, 3.8) is 0 Å². The number of likely N-dealkylation sites (N-methyl/N-ethyl adjacent to an activating group) is 1. The van der Waals surface area contributed by atoms with Crippen LogP contribution in [0.1, 0.15) is 89.7 Å². The summed E-state index contributed by atoms with van der Waals surface area (Å²) in [4.78, 5) is 15.0. The molecular weight excluding hydrogens is 464 g/mol. The number of amides is 1. The molecule has 0 saturated heterocycles. The third-order valence-electron chi connectivity index (χ3n) is 5.94. The van der Waals surface area contributed by atoms with Gasteiger partial charge in [0.05, 0.1) is 27.2 Å². The number of halogens is 1. The van der Waals surface area contributed by atoms with Gasteiger partial charge in [0.25, 0.3) is 5.91 Å². The second kappa shape index (κ2) is 16.5. The van der Waals surface area contributed by atoms with Gasteiger partial charge in [0, 0.05) is 13.1 Å². The number of hydrogen-bond acceptors (Lipinski definition) is 2. The maximum atomic E-state index is 12.9. The number of hydrogen-bond donors (Lipinski definition) is 0. The Labute approximate surface area is 209 Å². The first-order valence-electron chi connectivity index (χ1n) is 12.5. The van der Waals surface area contributed by atoms with Crippen LogP contribution >= 0.6 is 0 Å². The van der Waals surface area contributed by atoms with E-state index in [-0.39, 0.29) is 17.0 Å². The Bertz CT molecular complexity index is 639. The fraction of sp³-hybridized carbons (Fsp3) is 0.741. The Kier molecular flexibility index (Phi) is 16.0. The molecule has 0 aliphatic carbocycles. The molecule has 0 aliphatic rings. The summed E-state index contributed by atoms with van der Waals surface area (Å²) in [6.45, 7) is 15.1. The van der Waals surface area contributed by atoms with Gasteiger partial charge in [-0.3, -0.25) is 4.79 Å². The molecule has 1 aromatic carbocycles. The van der Waals surface area contributed by atoms with Crippen LogP contribution in [0.4, 0.5) is 0 Å². The molecule has 5 heteroatoms. The zero-order valence-electron chi connectivity index (χ0n) is 21.9. The summed E-state index contributed by atoms with van der Waals surface area (Å²) in [5.74, 6) is 1.83. The van der Waals surface area contributed by atoms with Crippen molar-refractivity contribution in [3.05, 3.63) is 29.3 Å². The third-order valence-corrected chi connectivity index (χ3v) is 5.94. The van der Waals surface area contributed by atoms with Crippen molar-refractivity contribution in [2.45, 2.75) is 85.5 Å². The van der Waals surface area contributed by atoms with Crippen LogP contribution < -0.4 is 21.7 Å². The first kappa shape index (κ1) is 30.9. The van der Waals surface area contributed by atoms with Crippen LogP contribution in [0, 0.1) is 6.92 Å². The highest BCUT2D eigenvalue weighted by Gasteiger charge is 2.23. The van der Waals surface area contributed by atoms with E-state index in [0.29, 0.717) is 18.4 Å². The molecule has 0 aliphatic heterocycles. The smallest absolute Gasteiger partial charge is 0.277 e. The number of carbonyl (C=O) groups is 1. The lowest BCUT2D eigenvalue weighted by Gasteiger charge is -2.32. The van der Waals surface area contributed by atoms with Gasteiger partial charge >= 0.3 is 0 Å². The van der Waals surface area contributed by atoms with Gasteiger partial charge in [-0.15, -0.1) is 0 Å². The van der Waals surface area contributed by atoms with E-state index in [1.807, 2.05) is 0 Å². The number of carbonyl (C=O) groups excluding carboxylic acids is 1. The van der Waals surface area contributed by atoms with Crippen LogP contribution in [0.2, 0.25) is 0 Å². The molecule has 0 radical (unpaired) electrons. The van der Waals surface area contributed by atoms with Crippen LogP contribution in [-0.4, -0.2) is 62.2 Å². The van der Waals surface area contributed by atoms with Crippen molar-refractivity contribution in [1.29, 1.82) is 0 Å². The zero-order chi connectivity index (χ0) is 23.3. The first-order valence-corrected chi connectivity index (χ1v) is 12.5. The number of rotatable bonds is 16. The molecule has 4 nitrogen and oxygen atoms in total. The molecule has 0 spiro atoms. The van der Waals surface area contributed by atoms with E-state index >= 15 is 0 Å². The van der Waals surface area contributed by atoms with Gasteiger partial charge in [-0.25, -0.2) is 0 Å². The molecule has 0 atom stereocenters. The summed E-state index contributed by atoms with van der Waals surface area (Å²) in [6, 6.07) is 6.51. The molecule has 32 heavy (non-hydrogen) atoms. The van der Waals surface area contributed by atoms with Crippen LogP contribution in [0.3, 0.4) is 0 Å². The van der Waals surface area contributed by atoms with E-state index < -0.39 is 0 Å². The SMILES string of the molecule is CCCCN(CCCC)C(=O)C[N+](C)(C)CCCCCOc1cc(C)ccc1C(C)C.[Br-]. The molecule has 0 bridgehead atoms. The lowest BCUT2D eigenvalue weighted by Crippen LogP contribution is -3.00. The Hall–Kier alpha value is -1.07. The van der Waals surface area contributed by atoms with Gasteiger partial charge in [-0.05, 0) is 62.1 Å². The van der Waals surface area contributed by atoms with Crippen molar-refractivity contribution in [3.8, 4) is 5.75 Å². The minimum Gasteiger partial charge on any atom is -1.00 e. The lowest BCUT2D eigenvalue weighted by molar-refractivity contribution is -0.883. The van der Waals surface area contributed by atoms with Gasteiger partial charge in [0.15, 0.2) is 6.54 Å². The molecule has 1 rings (SSSR count). The lowest BCUT2D eigenvalue weighted by atomic mass is 10.0. The van der Waals surface area contributed by atoms with Crippen molar-refractivity contribution in [1.82, 2.24) is 4.90 Å². The predicted octanol–water partition coefficient (Wildman–Crippen LogP) is 3.18. The van der Waals surface area contributed by atoms with Crippen molar-refractivity contribution < 1.29 is 31.0 Å². The van der Waals surface area contributed by atoms with E-state index in [2.05, 4.69) is 71.8 Å². The standard InChI is InChI=1S/C27H49N2O2.BrH/c1-8-10-17-28(18-11-9-2)27(30)22-29(6,7)19-13-12-14-20-31-26-21-24(5)15-16-25(26)23(3)4;/h15-16,21,23H,8-14,17-20,22H2,1-7H3;1H/q+1;/p-1. The van der Waals surface area contributed by atoms with Gasteiger partial charge < -0.3 is 31.1 Å². The quantitative estimate of drug-likeness (QED) is 0.251. The number of benzene rings is 1. The molecule has 0 aromatic heterocycles. The fourth-order valence-corrected chi connectivity index (χ4v) is 3.85. The summed E-state index contributed by atoms with van der Waals surface area (Å²) in [5.41, 5.74) is 2.53. The second-order valence-electron chi connectivity index (χ2n) is 10.0. The molecule has 0 unspecified atom stereocenters. The Morgan fingerprint density at radius 1 is 1.00 bits per heavy atom. The molecule has 0 fully saturated rings. The van der Waals surface area contributed by atoms with E-state index in [0.717, 1.165) is 81.4 Å². The van der Waals surface area contributed by atoms with Gasteiger partial charge in [0.1, 0.15) is 5.75 Å². The van der Waals surface area contributed by atoms with Crippen molar-refractivity contribution in [2.24, 2.45) is 0 Å². The number of quaternary nitrogens is 1. The molecular formula is C27H49BrN2O2. The summed E-state index contributed by atoms with van der Waals surface area (Å²) in [5, 5.41) is 0. The topological polar surface area (TPSA) is 29.5 Å². The van der Waals surface area contributed by atoms with Crippen LogP contribution in [0.15, 0.2) is 18.2 Å². The van der Waals surface area contributed by atoms with Crippen LogP contribution in [0.25, 0.3) is 0 Å². The second-order valence-corrected chi connectivity index (χ2v) is 10.0. The molecule has 186 valence electrons. The monoisotopic (exact) mass is 512 g/mol. The van der Waals surface area contributed by atoms with Crippen molar-refractivity contribution >= 4 is 5.91 Å². The number of ether oxygens (including phenoxy) is 1. The summed E-state index contributed by atoms with van der Waals surface area (Å²) < 4.78 is 6.88. The van der Waals surface area contributed by atoms with E-state index in [4.69, 9.17) is 4.74 Å². The minimum atomic E-state index is 0. The highest BCUT2D eigenvalue weighted by molar-refractivity contribution is 5.77. The Balaban J connectivity index is 0.00000961. The highest BCUT2D eigenvalue weighted by Crippen LogP contribution is 2.27. The number of aryl methyl sites for hydroxylation is 1. The average molecular weight is 514 g/mol. The van der Waals surface area contributed by atoms with Crippen LogP contribution in [0.5, 0.6) is 5.75 Å². The fourth-order valence-electron chi connectivity index (χ4n) is 3.85. The minimum absolute atomic E-state index is 0. The van der Waals surface area contributed by atoms with Gasteiger partial charge in [-0.1, -0.05) is 52.7 Å². The number of unbranched alkanes of at least 4 members (excludes halogenated alkanes) is 4.